The number of piperazine rings is 1. The van der Waals surface area contributed by atoms with Crippen LogP contribution < -0.4 is 0 Å². The van der Waals surface area contributed by atoms with E-state index in [2.05, 4.69) is 11.9 Å². The third-order valence-electron chi connectivity index (χ3n) is 3.40. The minimum Gasteiger partial charge on any atom is -0.340 e. The molecule has 0 bridgehead atoms. The first-order valence-corrected chi connectivity index (χ1v) is 6.74. The highest BCUT2D eigenvalue weighted by Crippen LogP contribution is 2.12. The van der Waals surface area contributed by atoms with E-state index in [0.717, 1.165) is 37.6 Å². The molecule has 0 radical (unpaired) electrons. The quantitative estimate of drug-likeness (QED) is 0.836. The van der Waals surface area contributed by atoms with Crippen LogP contribution in [0.5, 0.6) is 0 Å². The van der Waals surface area contributed by atoms with Gasteiger partial charge in [0, 0.05) is 37.6 Å². The van der Waals surface area contributed by atoms with Gasteiger partial charge in [-0.3, -0.25) is 4.79 Å². The summed E-state index contributed by atoms with van der Waals surface area (Å²) in [6.07, 6.45) is 1.38. The summed E-state index contributed by atoms with van der Waals surface area (Å²) in [4.78, 5) is 16.2. The zero-order chi connectivity index (χ0) is 13.0. The second-order valence-electron chi connectivity index (χ2n) is 4.81. The lowest BCUT2D eigenvalue weighted by Gasteiger charge is -2.32. The van der Waals surface area contributed by atoms with Crippen molar-refractivity contribution in [1.82, 2.24) is 9.80 Å². The van der Waals surface area contributed by atoms with E-state index in [-0.39, 0.29) is 5.91 Å². The monoisotopic (exact) mass is 266 g/mol. The number of halogens is 1. The van der Waals surface area contributed by atoms with Crippen molar-refractivity contribution in [3.05, 3.63) is 34.9 Å². The van der Waals surface area contributed by atoms with Crippen LogP contribution in [0, 0.1) is 0 Å². The summed E-state index contributed by atoms with van der Waals surface area (Å²) in [7, 11) is 2.09. The van der Waals surface area contributed by atoms with Gasteiger partial charge in [-0.2, -0.15) is 0 Å². The average molecular weight is 267 g/mol. The number of likely N-dealkylation sites (N-methyl/N-ethyl adjacent to an activating group) is 1. The first-order chi connectivity index (χ1) is 8.65. The maximum atomic E-state index is 12.0. The fraction of sp³-hybridized carbons (Fsp3) is 0.500. The minimum atomic E-state index is 0.262. The molecule has 0 atom stereocenters. The second kappa shape index (κ2) is 6.21. The largest absolute Gasteiger partial charge is 0.340 e. The molecule has 2 rings (SSSR count). The van der Waals surface area contributed by atoms with Crippen LogP contribution in [0.25, 0.3) is 0 Å². The highest BCUT2D eigenvalue weighted by molar-refractivity contribution is 6.30. The number of rotatable bonds is 3. The highest BCUT2D eigenvalue weighted by Gasteiger charge is 2.18. The number of aryl methyl sites for hydroxylation is 1. The molecule has 1 aliphatic heterocycles. The van der Waals surface area contributed by atoms with Crippen LogP contribution in [-0.4, -0.2) is 48.9 Å². The van der Waals surface area contributed by atoms with Gasteiger partial charge < -0.3 is 9.80 Å². The van der Waals surface area contributed by atoms with Gasteiger partial charge in [0.05, 0.1) is 0 Å². The minimum absolute atomic E-state index is 0.262. The molecule has 0 N–H and O–H groups in total. The summed E-state index contributed by atoms with van der Waals surface area (Å²) >= 11 is 5.83. The Morgan fingerprint density at radius 3 is 2.39 bits per heavy atom. The van der Waals surface area contributed by atoms with Crippen molar-refractivity contribution >= 4 is 17.5 Å². The maximum absolute atomic E-state index is 12.0. The van der Waals surface area contributed by atoms with E-state index in [1.54, 1.807) is 0 Å². The van der Waals surface area contributed by atoms with Crippen LogP contribution in [0.4, 0.5) is 0 Å². The van der Waals surface area contributed by atoms with E-state index in [9.17, 15) is 4.79 Å². The summed E-state index contributed by atoms with van der Waals surface area (Å²) in [6, 6.07) is 7.72. The van der Waals surface area contributed by atoms with E-state index in [0.29, 0.717) is 6.42 Å². The van der Waals surface area contributed by atoms with E-state index in [4.69, 9.17) is 11.6 Å². The van der Waals surface area contributed by atoms with Gasteiger partial charge in [-0.15, -0.1) is 0 Å². The Morgan fingerprint density at radius 2 is 1.78 bits per heavy atom. The summed E-state index contributed by atoms with van der Waals surface area (Å²) in [5.74, 6) is 0.262. The number of benzene rings is 1. The average Bonchev–Trinajstić information content (AvgIpc) is 2.38. The molecule has 1 fully saturated rings. The number of carbonyl (C=O) groups excluding carboxylic acids is 1. The third kappa shape index (κ3) is 3.72. The Balaban J connectivity index is 1.79. The fourth-order valence-corrected chi connectivity index (χ4v) is 2.24. The second-order valence-corrected chi connectivity index (χ2v) is 5.25. The third-order valence-corrected chi connectivity index (χ3v) is 3.65. The highest BCUT2D eigenvalue weighted by atomic mass is 35.5. The van der Waals surface area contributed by atoms with Crippen molar-refractivity contribution < 1.29 is 4.79 Å². The van der Waals surface area contributed by atoms with Gasteiger partial charge in [0.2, 0.25) is 5.91 Å². The SMILES string of the molecule is CN1CCN(C(=O)CCc2ccc(Cl)cc2)CC1. The molecule has 3 nitrogen and oxygen atoms in total. The van der Waals surface area contributed by atoms with Crippen molar-refractivity contribution in [2.75, 3.05) is 33.2 Å². The lowest BCUT2D eigenvalue weighted by molar-refractivity contribution is -0.132. The Kier molecular flexibility index (Phi) is 4.61. The molecule has 1 aliphatic rings. The number of carbonyl (C=O) groups is 1. The van der Waals surface area contributed by atoms with E-state index < -0.39 is 0 Å². The zero-order valence-corrected chi connectivity index (χ0v) is 11.5. The zero-order valence-electron chi connectivity index (χ0n) is 10.7. The molecule has 0 aromatic heterocycles. The number of amides is 1. The van der Waals surface area contributed by atoms with Gasteiger partial charge in [0.15, 0.2) is 0 Å². The smallest absolute Gasteiger partial charge is 0.222 e. The van der Waals surface area contributed by atoms with E-state index in [1.165, 1.54) is 5.56 Å². The predicted molar refractivity (Wildman–Crippen MR) is 73.9 cm³/mol. The Morgan fingerprint density at radius 1 is 1.17 bits per heavy atom. The molecular formula is C14H19ClN2O. The Labute approximate surface area is 113 Å². The lowest BCUT2D eigenvalue weighted by atomic mass is 10.1. The Bertz CT molecular complexity index is 397. The number of hydrogen-bond donors (Lipinski definition) is 0. The molecule has 0 saturated carbocycles. The predicted octanol–water partition coefficient (Wildman–Crippen LogP) is 2.05. The molecule has 1 aromatic rings. The summed E-state index contributed by atoms with van der Waals surface area (Å²) < 4.78 is 0. The summed E-state index contributed by atoms with van der Waals surface area (Å²) in [5.41, 5.74) is 1.17. The van der Waals surface area contributed by atoms with Crippen molar-refractivity contribution in [2.24, 2.45) is 0 Å². The van der Waals surface area contributed by atoms with Gasteiger partial charge in [-0.25, -0.2) is 0 Å². The lowest BCUT2D eigenvalue weighted by Crippen LogP contribution is -2.47. The van der Waals surface area contributed by atoms with Crippen LogP contribution >= 0.6 is 11.6 Å². The maximum Gasteiger partial charge on any atom is 0.222 e. The van der Waals surface area contributed by atoms with Gasteiger partial charge in [0.1, 0.15) is 0 Å². The van der Waals surface area contributed by atoms with Crippen molar-refractivity contribution in [1.29, 1.82) is 0 Å². The van der Waals surface area contributed by atoms with Crippen molar-refractivity contribution in [3.8, 4) is 0 Å². The fourth-order valence-electron chi connectivity index (χ4n) is 2.12. The first kappa shape index (κ1) is 13.4. The molecule has 0 spiro atoms. The van der Waals surface area contributed by atoms with Gasteiger partial charge in [0.25, 0.3) is 0 Å². The molecular weight excluding hydrogens is 248 g/mol. The van der Waals surface area contributed by atoms with Gasteiger partial charge in [-0.1, -0.05) is 23.7 Å². The van der Waals surface area contributed by atoms with Gasteiger partial charge in [-0.05, 0) is 31.2 Å². The van der Waals surface area contributed by atoms with Crippen LogP contribution in [-0.2, 0) is 11.2 Å². The summed E-state index contributed by atoms with van der Waals surface area (Å²) in [5, 5.41) is 0.740. The Hall–Kier alpha value is -1.06. The molecule has 0 unspecified atom stereocenters. The van der Waals surface area contributed by atoms with Crippen LogP contribution in [0.2, 0.25) is 5.02 Å². The molecule has 1 saturated heterocycles. The van der Waals surface area contributed by atoms with Crippen molar-refractivity contribution in [2.45, 2.75) is 12.8 Å². The number of nitrogens with zero attached hydrogens (tertiary/aromatic N) is 2. The molecule has 0 aliphatic carbocycles. The molecule has 1 amide bonds. The normalized spacial score (nSPS) is 16.9. The van der Waals surface area contributed by atoms with Crippen molar-refractivity contribution in [3.63, 3.8) is 0 Å². The van der Waals surface area contributed by atoms with Gasteiger partial charge >= 0.3 is 0 Å². The molecule has 98 valence electrons. The van der Waals surface area contributed by atoms with Crippen LogP contribution in [0.1, 0.15) is 12.0 Å². The van der Waals surface area contributed by atoms with Crippen LogP contribution in [0.3, 0.4) is 0 Å². The first-order valence-electron chi connectivity index (χ1n) is 6.36. The molecule has 4 heteroatoms. The standard InChI is InChI=1S/C14H19ClN2O/c1-16-8-10-17(11-9-16)14(18)7-4-12-2-5-13(15)6-3-12/h2-3,5-6H,4,7-11H2,1H3. The summed E-state index contributed by atoms with van der Waals surface area (Å²) in [6.45, 7) is 3.67. The number of hydrogen-bond acceptors (Lipinski definition) is 2. The molecule has 18 heavy (non-hydrogen) atoms. The van der Waals surface area contributed by atoms with E-state index in [1.807, 2.05) is 29.2 Å². The molecule has 1 heterocycles. The van der Waals surface area contributed by atoms with E-state index >= 15 is 0 Å². The topological polar surface area (TPSA) is 23.6 Å². The van der Waals surface area contributed by atoms with Crippen LogP contribution in [0.15, 0.2) is 24.3 Å². The molecule has 1 aromatic carbocycles.